The van der Waals surface area contributed by atoms with Gasteiger partial charge in [-0.25, -0.2) is 4.79 Å². The van der Waals surface area contributed by atoms with Gasteiger partial charge in [-0.3, -0.25) is 0 Å². The van der Waals surface area contributed by atoms with E-state index in [-0.39, 0.29) is 6.03 Å². The average molecular weight is 302 g/mol. The van der Waals surface area contributed by atoms with Gasteiger partial charge in [-0.15, -0.1) is 0 Å². The fourth-order valence-corrected chi connectivity index (χ4v) is 3.12. The van der Waals surface area contributed by atoms with Crippen LogP contribution in [-0.4, -0.2) is 62.1 Å². The molecule has 0 unspecified atom stereocenters. The Bertz CT molecular complexity index is 488. The molecular weight excluding hydrogens is 276 g/mol. The lowest BCUT2D eigenvalue weighted by atomic mass is 10.1. The van der Waals surface area contributed by atoms with Gasteiger partial charge in [0.15, 0.2) is 0 Å². The van der Waals surface area contributed by atoms with Gasteiger partial charge in [-0.2, -0.15) is 0 Å². The minimum atomic E-state index is 0.0343. The molecule has 22 heavy (non-hydrogen) atoms. The maximum Gasteiger partial charge on any atom is 0.321 e. The number of piperidine rings is 1. The highest BCUT2D eigenvalue weighted by Gasteiger charge is 2.17. The number of urea groups is 1. The van der Waals surface area contributed by atoms with E-state index in [4.69, 9.17) is 0 Å². The number of hydrogen-bond donors (Lipinski definition) is 1. The molecule has 2 saturated heterocycles. The van der Waals surface area contributed by atoms with Crippen LogP contribution in [-0.2, 0) is 0 Å². The van der Waals surface area contributed by atoms with Crippen molar-refractivity contribution in [3.63, 3.8) is 0 Å². The van der Waals surface area contributed by atoms with Crippen LogP contribution < -0.4 is 10.2 Å². The predicted molar refractivity (Wildman–Crippen MR) is 90.6 cm³/mol. The summed E-state index contributed by atoms with van der Waals surface area (Å²) in [7, 11) is 2.16. The van der Waals surface area contributed by atoms with Crippen LogP contribution in [0.2, 0.25) is 0 Å². The molecule has 2 amide bonds. The van der Waals surface area contributed by atoms with E-state index in [1.807, 2.05) is 17.0 Å². The maximum atomic E-state index is 12.2. The van der Waals surface area contributed by atoms with Gasteiger partial charge in [0.2, 0.25) is 0 Å². The molecule has 0 spiro atoms. The Morgan fingerprint density at radius 1 is 0.909 bits per heavy atom. The number of nitrogens with zero attached hydrogens (tertiary/aromatic N) is 3. The lowest BCUT2D eigenvalue weighted by Gasteiger charge is -2.34. The summed E-state index contributed by atoms with van der Waals surface area (Å²) in [6.45, 7) is 6.10. The van der Waals surface area contributed by atoms with Crippen LogP contribution in [0.15, 0.2) is 24.3 Å². The first-order chi connectivity index (χ1) is 10.7. The molecule has 0 bridgehead atoms. The van der Waals surface area contributed by atoms with Crippen molar-refractivity contribution in [2.75, 3.05) is 56.5 Å². The molecule has 5 nitrogen and oxygen atoms in total. The van der Waals surface area contributed by atoms with Gasteiger partial charge in [0, 0.05) is 50.6 Å². The number of hydrogen-bond acceptors (Lipinski definition) is 3. The summed E-state index contributed by atoms with van der Waals surface area (Å²) >= 11 is 0. The lowest BCUT2D eigenvalue weighted by Crippen LogP contribution is -2.44. The monoisotopic (exact) mass is 302 g/mol. The van der Waals surface area contributed by atoms with Crippen molar-refractivity contribution in [2.24, 2.45) is 0 Å². The zero-order chi connectivity index (χ0) is 15.4. The third kappa shape index (κ3) is 3.71. The lowest BCUT2D eigenvalue weighted by molar-refractivity contribution is 0.200. The molecular formula is C17H26N4O. The molecule has 1 aromatic rings. The van der Waals surface area contributed by atoms with Crippen LogP contribution in [0.4, 0.5) is 16.2 Å². The SMILES string of the molecule is CN1CCN(c2ccc(NC(=O)N3CCCCC3)cc2)CC1. The Morgan fingerprint density at radius 2 is 1.55 bits per heavy atom. The van der Waals surface area contributed by atoms with Crippen LogP contribution in [0.3, 0.4) is 0 Å². The van der Waals surface area contributed by atoms with Crippen LogP contribution in [0.5, 0.6) is 0 Å². The summed E-state index contributed by atoms with van der Waals surface area (Å²) in [6.07, 6.45) is 3.48. The predicted octanol–water partition coefficient (Wildman–Crippen LogP) is 2.46. The zero-order valence-electron chi connectivity index (χ0n) is 13.4. The molecule has 1 aromatic carbocycles. The second-order valence-corrected chi connectivity index (χ2v) is 6.32. The first-order valence-electron chi connectivity index (χ1n) is 8.32. The van der Waals surface area contributed by atoms with E-state index in [9.17, 15) is 4.79 Å². The summed E-state index contributed by atoms with van der Waals surface area (Å²) in [5.41, 5.74) is 2.12. The molecule has 5 heteroatoms. The first kappa shape index (κ1) is 15.2. The Kier molecular flexibility index (Phi) is 4.83. The van der Waals surface area contributed by atoms with Crippen molar-refractivity contribution >= 4 is 17.4 Å². The Hall–Kier alpha value is -1.75. The van der Waals surface area contributed by atoms with Gasteiger partial charge in [0.25, 0.3) is 0 Å². The Balaban J connectivity index is 1.56. The number of likely N-dealkylation sites (N-methyl/N-ethyl adjacent to an activating group) is 1. The van der Waals surface area contributed by atoms with Crippen LogP contribution in [0.25, 0.3) is 0 Å². The van der Waals surface area contributed by atoms with E-state index in [0.717, 1.165) is 57.8 Å². The van der Waals surface area contributed by atoms with Gasteiger partial charge in [0.1, 0.15) is 0 Å². The van der Waals surface area contributed by atoms with Gasteiger partial charge in [-0.05, 0) is 50.6 Å². The standard InChI is InChI=1S/C17H26N4O/c1-19-11-13-20(14-12-19)16-7-5-15(6-8-16)18-17(22)21-9-3-2-4-10-21/h5-8H,2-4,9-14H2,1H3,(H,18,22). The average Bonchev–Trinajstić information content (AvgIpc) is 2.57. The van der Waals surface area contributed by atoms with Crippen molar-refractivity contribution in [1.29, 1.82) is 0 Å². The topological polar surface area (TPSA) is 38.8 Å². The number of anilines is 2. The van der Waals surface area contributed by atoms with Gasteiger partial charge in [0.05, 0.1) is 0 Å². The normalized spacial score (nSPS) is 20.0. The number of carbonyl (C=O) groups excluding carboxylic acids is 1. The highest BCUT2D eigenvalue weighted by Crippen LogP contribution is 2.20. The van der Waals surface area contributed by atoms with E-state index in [2.05, 4.69) is 34.3 Å². The van der Waals surface area contributed by atoms with Crippen LogP contribution in [0.1, 0.15) is 19.3 Å². The van der Waals surface area contributed by atoms with Crippen molar-refractivity contribution in [3.8, 4) is 0 Å². The van der Waals surface area contributed by atoms with Crippen molar-refractivity contribution < 1.29 is 4.79 Å². The van der Waals surface area contributed by atoms with Gasteiger partial charge in [-0.1, -0.05) is 0 Å². The molecule has 2 fully saturated rings. The van der Waals surface area contributed by atoms with E-state index < -0.39 is 0 Å². The first-order valence-corrected chi connectivity index (χ1v) is 8.32. The molecule has 0 radical (unpaired) electrons. The Morgan fingerprint density at radius 3 is 2.18 bits per heavy atom. The summed E-state index contributed by atoms with van der Waals surface area (Å²) in [5, 5.41) is 3.01. The number of rotatable bonds is 2. The van der Waals surface area contributed by atoms with E-state index in [1.165, 1.54) is 12.1 Å². The minimum Gasteiger partial charge on any atom is -0.369 e. The molecule has 2 aliphatic rings. The number of nitrogens with one attached hydrogen (secondary N) is 1. The van der Waals surface area contributed by atoms with Crippen molar-refractivity contribution in [1.82, 2.24) is 9.80 Å². The summed E-state index contributed by atoms with van der Waals surface area (Å²) in [4.78, 5) is 18.9. The fraction of sp³-hybridized carbons (Fsp3) is 0.588. The molecule has 0 atom stereocenters. The molecule has 2 aliphatic heterocycles. The summed E-state index contributed by atoms with van der Waals surface area (Å²) < 4.78 is 0. The smallest absolute Gasteiger partial charge is 0.321 e. The molecule has 0 aliphatic carbocycles. The third-order valence-electron chi connectivity index (χ3n) is 4.63. The highest BCUT2D eigenvalue weighted by molar-refractivity contribution is 5.89. The van der Waals surface area contributed by atoms with Crippen LogP contribution in [0, 0.1) is 0 Å². The van der Waals surface area contributed by atoms with E-state index in [0.29, 0.717) is 0 Å². The number of carbonyl (C=O) groups is 1. The zero-order valence-corrected chi connectivity index (χ0v) is 13.4. The number of benzene rings is 1. The summed E-state index contributed by atoms with van der Waals surface area (Å²) in [5.74, 6) is 0. The minimum absolute atomic E-state index is 0.0343. The van der Waals surface area contributed by atoms with E-state index in [1.54, 1.807) is 0 Å². The molecule has 3 rings (SSSR count). The summed E-state index contributed by atoms with van der Waals surface area (Å²) in [6, 6.07) is 8.27. The third-order valence-corrected chi connectivity index (χ3v) is 4.63. The second kappa shape index (κ2) is 7.01. The van der Waals surface area contributed by atoms with Crippen molar-refractivity contribution in [3.05, 3.63) is 24.3 Å². The second-order valence-electron chi connectivity index (χ2n) is 6.32. The molecule has 2 heterocycles. The number of amides is 2. The maximum absolute atomic E-state index is 12.2. The van der Waals surface area contributed by atoms with Gasteiger partial charge >= 0.3 is 6.03 Å². The fourth-order valence-electron chi connectivity index (χ4n) is 3.12. The number of likely N-dealkylation sites (tertiary alicyclic amines) is 1. The molecule has 120 valence electrons. The Labute approximate surface area is 132 Å². The highest BCUT2D eigenvalue weighted by atomic mass is 16.2. The molecule has 0 saturated carbocycles. The van der Waals surface area contributed by atoms with Gasteiger partial charge < -0.3 is 20.0 Å². The molecule has 1 N–H and O–H groups in total. The van der Waals surface area contributed by atoms with E-state index >= 15 is 0 Å². The van der Waals surface area contributed by atoms with Crippen molar-refractivity contribution in [2.45, 2.75) is 19.3 Å². The quantitative estimate of drug-likeness (QED) is 0.912. The van der Waals surface area contributed by atoms with Crippen LogP contribution >= 0.6 is 0 Å². The number of piperazine rings is 1. The molecule has 0 aromatic heterocycles. The largest absolute Gasteiger partial charge is 0.369 e.